The first-order valence-electron chi connectivity index (χ1n) is 5.51. The zero-order valence-corrected chi connectivity index (χ0v) is 10.0. The Labute approximate surface area is 96.1 Å². The highest BCUT2D eigenvalue weighted by atomic mass is 15.3. The summed E-state index contributed by atoms with van der Waals surface area (Å²) in [5.41, 5.74) is 1.37. The fourth-order valence-corrected chi connectivity index (χ4v) is 1.64. The Morgan fingerprint density at radius 2 is 2.00 bits per heavy atom. The van der Waals surface area contributed by atoms with E-state index in [9.17, 15) is 0 Å². The molecule has 0 aliphatic heterocycles. The summed E-state index contributed by atoms with van der Waals surface area (Å²) in [4.78, 5) is 4.60. The van der Waals surface area contributed by atoms with Gasteiger partial charge in [0.15, 0.2) is 5.82 Å². The maximum absolute atomic E-state index is 4.60. The van der Waals surface area contributed by atoms with Gasteiger partial charge >= 0.3 is 0 Å². The van der Waals surface area contributed by atoms with Crippen molar-refractivity contribution in [2.24, 2.45) is 5.41 Å². The van der Waals surface area contributed by atoms with Gasteiger partial charge < -0.3 is 0 Å². The lowest BCUT2D eigenvalue weighted by atomic mass is 9.90. The third-order valence-electron chi connectivity index (χ3n) is 2.24. The third kappa shape index (κ3) is 2.69. The molecule has 0 amide bonds. The molecular weight excluding hydrogens is 198 g/mol. The van der Waals surface area contributed by atoms with Crippen LogP contribution >= 0.6 is 0 Å². The summed E-state index contributed by atoms with van der Waals surface area (Å²) in [7, 11) is 0. The molecule has 0 N–H and O–H groups in total. The zero-order valence-electron chi connectivity index (χ0n) is 10.0. The predicted octanol–water partition coefficient (Wildman–Crippen LogP) is 2.86. The fourth-order valence-electron chi connectivity index (χ4n) is 1.64. The number of rotatable bonds is 2. The average molecular weight is 215 g/mol. The molecule has 0 saturated heterocycles. The van der Waals surface area contributed by atoms with Crippen molar-refractivity contribution in [3.05, 3.63) is 42.4 Å². The van der Waals surface area contributed by atoms with Gasteiger partial charge in [0.2, 0.25) is 0 Å². The van der Waals surface area contributed by atoms with E-state index in [1.165, 1.54) is 0 Å². The maximum atomic E-state index is 4.60. The van der Waals surface area contributed by atoms with E-state index in [-0.39, 0.29) is 5.41 Å². The van der Waals surface area contributed by atoms with Crippen LogP contribution in [0.3, 0.4) is 0 Å². The van der Waals surface area contributed by atoms with Gasteiger partial charge in [0.1, 0.15) is 0 Å². The van der Waals surface area contributed by atoms with Crippen LogP contribution in [-0.4, -0.2) is 14.8 Å². The monoisotopic (exact) mass is 215 g/mol. The highest BCUT2D eigenvalue weighted by molar-refractivity contribution is 5.23. The van der Waals surface area contributed by atoms with Crippen molar-refractivity contribution >= 4 is 0 Å². The molecule has 0 bridgehead atoms. The molecular formula is C13H17N3. The van der Waals surface area contributed by atoms with Gasteiger partial charge in [0.25, 0.3) is 0 Å². The van der Waals surface area contributed by atoms with E-state index in [0.717, 1.165) is 17.9 Å². The minimum Gasteiger partial charge on any atom is -0.234 e. The topological polar surface area (TPSA) is 30.7 Å². The van der Waals surface area contributed by atoms with Crippen LogP contribution in [0, 0.1) is 5.41 Å². The normalized spacial score (nSPS) is 11.7. The second-order valence-electron chi connectivity index (χ2n) is 5.18. The van der Waals surface area contributed by atoms with Crippen LogP contribution in [-0.2, 0) is 6.42 Å². The van der Waals surface area contributed by atoms with Crippen molar-refractivity contribution in [1.29, 1.82) is 0 Å². The Hall–Kier alpha value is -1.64. The van der Waals surface area contributed by atoms with Gasteiger partial charge in [0.05, 0.1) is 0 Å². The van der Waals surface area contributed by atoms with Crippen molar-refractivity contribution in [1.82, 2.24) is 14.8 Å². The second-order valence-corrected chi connectivity index (χ2v) is 5.18. The minimum atomic E-state index is 0.260. The van der Waals surface area contributed by atoms with E-state index in [0.29, 0.717) is 0 Å². The van der Waals surface area contributed by atoms with Crippen molar-refractivity contribution in [2.75, 3.05) is 0 Å². The first-order valence-corrected chi connectivity index (χ1v) is 5.51. The number of hydrogen-bond acceptors (Lipinski definition) is 2. The standard InChI is InChI=1S/C13H17N3/c1-13(2,3)10-11-6-4-7-12(15-11)16-9-5-8-14-16/h4-9H,10H2,1-3H3. The van der Waals surface area contributed by atoms with Crippen LogP contribution in [0.4, 0.5) is 0 Å². The van der Waals surface area contributed by atoms with Crippen molar-refractivity contribution in [2.45, 2.75) is 27.2 Å². The molecule has 0 aromatic carbocycles. The fraction of sp³-hybridized carbons (Fsp3) is 0.385. The maximum Gasteiger partial charge on any atom is 0.153 e. The summed E-state index contributed by atoms with van der Waals surface area (Å²) in [6.07, 6.45) is 4.64. The molecule has 2 heterocycles. The molecule has 0 atom stereocenters. The largest absolute Gasteiger partial charge is 0.234 e. The summed E-state index contributed by atoms with van der Waals surface area (Å²) < 4.78 is 1.78. The Kier molecular flexibility index (Phi) is 2.77. The molecule has 0 aliphatic carbocycles. The zero-order chi connectivity index (χ0) is 11.6. The molecule has 16 heavy (non-hydrogen) atoms. The van der Waals surface area contributed by atoms with E-state index in [1.807, 2.05) is 24.4 Å². The molecule has 0 fully saturated rings. The summed E-state index contributed by atoms with van der Waals surface area (Å²) in [5.74, 6) is 0.881. The lowest BCUT2D eigenvalue weighted by molar-refractivity contribution is 0.406. The second kappa shape index (κ2) is 4.08. The summed E-state index contributed by atoms with van der Waals surface area (Å²) in [6.45, 7) is 6.65. The van der Waals surface area contributed by atoms with Crippen molar-refractivity contribution < 1.29 is 0 Å². The van der Waals surface area contributed by atoms with Crippen LogP contribution in [0.2, 0.25) is 0 Å². The number of nitrogens with zero attached hydrogens (tertiary/aromatic N) is 3. The van der Waals surface area contributed by atoms with Gasteiger partial charge in [-0.05, 0) is 30.0 Å². The smallest absolute Gasteiger partial charge is 0.153 e. The molecule has 0 unspecified atom stereocenters. The third-order valence-corrected chi connectivity index (χ3v) is 2.24. The lowest BCUT2D eigenvalue weighted by Crippen LogP contribution is -2.11. The van der Waals surface area contributed by atoms with Crippen LogP contribution in [0.1, 0.15) is 26.5 Å². The van der Waals surface area contributed by atoms with Gasteiger partial charge in [-0.2, -0.15) is 5.10 Å². The van der Waals surface area contributed by atoms with Gasteiger partial charge in [-0.15, -0.1) is 0 Å². The summed E-state index contributed by atoms with van der Waals surface area (Å²) >= 11 is 0. The van der Waals surface area contributed by atoms with E-state index in [1.54, 1.807) is 10.9 Å². The SMILES string of the molecule is CC(C)(C)Cc1cccc(-n2cccn2)n1. The van der Waals surface area contributed by atoms with E-state index in [2.05, 4.69) is 36.9 Å². The Morgan fingerprint density at radius 1 is 1.19 bits per heavy atom. The van der Waals surface area contributed by atoms with Crippen LogP contribution < -0.4 is 0 Å². The van der Waals surface area contributed by atoms with Crippen molar-refractivity contribution in [3.63, 3.8) is 0 Å². The molecule has 2 aromatic heterocycles. The summed E-state index contributed by atoms with van der Waals surface area (Å²) in [5, 5.41) is 4.18. The Bertz CT molecular complexity index is 452. The van der Waals surface area contributed by atoms with Crippen molar-refractivity contribution in [3.8, 4) is 5.82 Å². The van der Waals surface area contributed by atoms with E-state index in [4.69, 9.17) is 0 Å². The highest BCUT2D eigenvalue weighted by Crippen LogP contribution is 2.19. The first-order chi connectivity index (χ1) is 7.54. The highest BCUT2D eigenvalue weighted by Gasteiger charge is 2.12. The van der Waals surface area contributed by atoms with E-state index < -0.39 is 0 Å². The molecule has 2 rings (SSSR count). The molecule has 3 nitrogen and oxygen atoms in total. The van der Waals surface area contributed by atoms with Gasteiger partial charge in [-0.1, -0.05) is 26.8 Å². The molecule has 0 radical (unpaired) electrons. The molecule has 2 aromatic rings. The number of hydrogen-bond donors (Lipinski definition) is 0. The molecule has 0 spiro atoms. The first kappa shape index (κ1) is 10.9. The molecule has 0 aliphatic rings. The van der Waals surface area contributed by atoms with Gasteiger partial charge in [-0.25, -0.2) is 9.67 Å². The van der Waals surface area contributed by atoms with Crippen LogP contribution in [0.5, 0.6) is 0 Å². The molecule has 3 heteroatoms. The van der Waals surface area contributed by atoms with E-state index >= 15 is 0 Å². The molecule has 0 saturated carbocycles. The van der Waals surface area contributed by atoms with Crippen LogP contribution in [0.25, 0.3) is 5.82 Å². The average Bonchev–Trinajstić information content (AvgIpc) is 2.68. The summed E-state index contributed by atoms with van der Waals surface area (Å²) in [6, 6.07) is 7.97. The minimum absolute atomic E-state index is 0.260. The Balaban J connectivity index is 2.27. The Morgan fingerprint density at radius 3 is 2.62 bits per heavy atom. The number of pyridine rings is 1. The molecule has 84 valence electrons. The van der Waals surface area contributed by atoms with Crippen LogP contribution in [0.15, 0.2) is 36.7 Å². The predicted molar refractivity (Wildman–Crippen MR) is 64.5 cm³/mol. The lowest BCUT2D eigenvalue weighted by Gasteiger charge is -2.17. The number of aromatic nitrogens is 3. The quantitative estimate of drug-likeness (QED) is 0.771. The van der Waals surface area contributed by atoms with Gasteiger partial charge in [-0.3, -0.25) is 0 Å². The van der Waals surface area contributed by atoms with Gasteiger partial charge in [0, 0.05) is 18.1 Å².